The first-order valence-corrected chi connectivity index (χ1v) is 9.79. The Kier molecular flexibility index (Phi) is 5.32. The van der Waals surface area contributed by atoms with Crippen LogP contribution in [-0.2, 0) is 13.0 Å². The van der Waals surface area contributed by atoms with E-state index in [9.17, 15) is 4.79 Å². The van der Waals surface area contributed by atoms with Crippen LogP contribution >= 0.6 is 0 Å². The molecule has 0 spiro atoms. The molecule has 4 rings (SSSR count). The van der Waals surface area contributed by atoms with Gasteiger partial charge in [0, 0.05) is 38.6 Å². The third-order valence-corrected chi connectivity index (χ3v) is 5.53. The number of piperidine rings is 1. The summed E-state index contributed by atoms with van der Waals surface area (Å²) in [6.45, 7) is 3.18. The zero-order valence-corrected chi connectivity index (χ0v) is 16.5. The van der Waals surface area contributed by atoms with Crippen molar-refractivity contribution in [3.63, 3.8) is 0 Å². The van der Waals surface area contributed by atoms with Gasteiger partial charge in [-0.25, -0.2) is 9.97 Å². The number of aromatic nitrogens is 2. The first-order chi connectivity index (χ1) is 13.7. The molecule has 0 unspecified atom stereocenters. The Morgan fingerprint density at radius 2 is 1.57 bits per heavy atom. The van der Waals surface area contributed by atoms with E-state index in [-0.39, 0.29) is 5.91 Å². The van der Waals surface area contributed by atoms with E-state index in [0.29, 0.717) is 18.1 Å². The van der Waals surface area contributed by atoms with E-state index >= 15 is 0 Å². The van der Waals surface area contributed by atoms with Crippen molar-refractivity contribution in [2.24, 2.45) is 0 Å². The molecule has 1 saturated heterocycles. The van der Waals surface area contributed by atoms with E-state index in [1.54, 1.807) is 26.6 Å². The predicted molar refractivity (Wildman–Crippen MR) is 106 cm³/mol. The summed E-state index contributed by atoms with van der Waals surface area (Å²) >= 11 is 0. The number of fused-ring (bicyclic) bond motifs is 1. The molecule has 1 aromatic heterocycles. The van der Waals surface area contributed by atoms with Crippen LogP contribution in [0.3, 0.4) is 0 Å². The third kappa shape index (κ3) is 3.61. The predicted octanol–water partition coefficient (Wildman–Crippen LogP) is 2.68. The summed E-state index contributed by atoms with van der Waals surface area (Å²) in [6, 6.07) is 4.07. The Bertz CT molecular complexity index is 847. The van der Waals surface area contributed by atoms with Crippen molar-refractivity contribution in [1.29, 1.82) is 0 Å². The molecule has 2 aliphatic rings. The molecule has 2 aliphatic heterocycles. The number of anilines is 1. The minimum absolute atomic E-state index is 0.0343. The molecule has 7 heteroatoms. The molecule has 0 atom stereocenters. The zero-order chi connectivity index (χ0) is 19.5. The second-order valence-corrected chi connectivity index (χ2v) is 7.27. The van der Waals surface area contributed by atoms with Gasteiger partial charge in [-0.05, 0) is 48.9 Å². The number of likely N-dealkylation sites (tertiary alicyclic amines) is 1. The standard InChI is InChI=1S/C21H26N4O3/c1-27-18-10-15-6-9-25(14-16(15)11-19(18)28-2)21-22-12-17(13-23-21)20(26)24-7-4-3-5-8-24/h10-13H,3-9,14H2,1-2H3. The van der Waals surface area contributed by atoms with Crippen molar-refractivity contribution in [3.8, 4) is 11.5 Å². The zero-order valence-electron chi connectivity index (χ0n) is 16.5. The number of hydrogen-bond acceptors (Lipinski definition) is 6. The molecule has 0 bridgehead atoms. The lowest BCUT2D eigenvalue weighted by atomic mass is 9.99. The number of ether oxygens (including phenoxy) is 2. The maximum absolute atomic E-state index is 12.6. The summed E-state index contributed by atoms with van der Waals surface area (Å²) in [6.07, 6.45) is 7.55. The molecule has 1 aromatic carbocycles. The van der Waals surface area contributed by atoms with Crippen molar-refractivity contribution >= 4 is 11.9 Å². The summed E-state index contributed by atoms with van der Waals surface area (Å²) in [4.78, 5) is 25.6. The van der Waals surface area contributed by atoms with Crippen molar-refractivity contribution in [1.82, 2.24) is 14.9 Å². The molecule has 2 aromatic rings. The fraction of sp³-hybridized carbons (Fsp3) is 0.476. The maximum Gasteiger partial charge on any atom is 0.256 e. The van der Waals surface area contributed by atoms with Gasteiger partial charge in [-0.3, -0.25) is 4.79 Å². The van der Waals surface area contributed by atoms with Crippen LogP contribution in [0.15, 0.2) is 24.5 Å². The van der Waals surface area contributed by atoms with Crippen LogP contribution in [-0.4, -0.2) is 54.6 Å². The minimum Gasteiger partial charge on any atom is -0.493 e. The molecule has 1 amide bonds. The van der Waals surface area contributed by atoms with E-state index in [4.69, 9.17) is 9.47 Å². The molecule has 28 heavy (non-hydrogen) atoms. The fourth-order valence-electron chi connectivity index (χ4n) is 3.93. The Labute approximate surface area is 165 Å². The van der Waals surface area contributed by atoms with E-state index in [0.717, 1.165) is 50.4 Å². The lowest BCUT2D eigenvalue weighted by Crippen LogP contribution is -2.36. The van der Waals surface area contributed by atoms with Crippen LogP contribution in [0.4, 0.5) is 5.95 Å². The third-order valence-electron chi connectivity index (χ3n) is 5.53. The lowest BCUT2D eigenvalue weighted by Gasteiger charge is -2.30. The van der Waals surface area contributed by atoms with Crippen LogP contribution in [0, 0.1) is 0 Å². The van der Waals surface area contributed by atoms with Crippen LogP contribution in [0.5, 0.6) is 11.5 Å². The average molecular weight is 382 g/mol. The molecular weight excluding hydrogens is 356 g/mol. The van der Waals surface area contributed by atoms with Gasteiger partial charge in [0.2, 0.25) is 5.95 Å². The normalized spacial score (nSPS) is 16.5. The average Bonchev–Trinajstić information content (AvgIpc) is 2.78. The molecule has 3 heterocycles. The summed E-state index contributed by atoms with van der Waals surface area (Å²) in [5, 5.41) is 0. The van der Waals surface area contributed by atoms with E-state index in [1.165, 1.54) is 17.5 Å². The number of amides is 1. The summed E-state index contributed by atoms with van der Waals surface area (Å²) in [5.74, 6) is 2.17. The molecule has 0 saturated carbocycles. The molecule has 0 radical (unpaired) electrons. The SMILES string of the molecule is COc1cc2c(cc1OC)CN(c1ncc(C(=O)N3CCCCC3)cn1)CC2. The Hall–Kier alpha value is -2.83. The number of carbonyl (C=O) groups excluding carboxylic acids is 1. The molecule has 7 nitrogen and oxygen atoms in total. The molecule has 0 aliphatic carbocycles. The van der Waals surface area contributed by atoms with Crippen molar-refractivity contribution in [2.75, 3.05) is 38.8 Å². The fourth-order valence-corrected chi connectivity index (χ4v) is 3.93. The van der Waals surface area contributed by atoms with Gasteiger partial charge in [0.25, 0.3) is 5.91 Å². The Morgan fingerprint density at radius 1 is 0.929 bits per heavy atom. The van der Waals surface area contributed by atoms with Crippen molar-refractivity contribution < 1.29 is 14.3 Å². The number of hydrogen-bond donors (Lipinski definition) is 0. The van der Waals surface area contributed by atoms with Gasteiger partial charge in [-0.1, -0.05) is 0 Å². The number of rotatable bonds is 4. The van der Waals surface area contributed by atoms with Gasteiger partial charge in [0.1, 0.15) is 0 Å². The molecule has 0 N–H and O–H groups in total. The van der Waals surface area contributed by atoms with Gasteiger partial charge in [0.15, 0.2) is 11.5 Å². The molecular formula is C21H26N4O3. The van der Waals surface area contributed by atoms with Crippen molar-refractivity contribution in [2.45, 2.75) is 32.2 Å². The highest BCUT2D eigenvalue weighted by Gasteiger charge is 2.23. The first-order valence-electron chi connectivity index (χ1n) is 9.79. The highest BCUT2D eigenvalue weighted by Crippen LogP contribution is 2.33. The number of benzene rings is 1. The number of nitrogens with zero attached hydrogens (tertiary/aromatic N) is 4. The highest BCUT2D eigenvalue weighted by atomic mass is 16.5. The van der Waals surface area contributed by atoms with Gasteiger partial charge in [-0.2, -0.15) is 0 Å². The van der Waals surface area contributed by atoms with Gasteiger partial charge >= 0.3 is 0 Å². The summed E-state index contributed by atoms with van der Waals surface area (Å²) < 4.78 is 10.8. The van der Waals surface area contributed by atoms with Gasteiger partial charge < -0.3 is 19.3 Å². The Balaban J connectivity index is 1.49. The van der Waals surface area contributed by atoms with Gasteiger partial charge in [-0.15, -0.1) is 0 Å². The monoisotopic (exact) mass is 382 g/mol. The highest BCUT2D eigenvalue weighted by molar-refractivity contribution is 5.93. The van der Waals surface area contributed by atoms with Crippen LogP contribution in [0.2, 0.25) is 0 Å². The lowest BCUT2D eigenvalue weighted by molar-refractivity contribution is 0.0723. The summed E-state index contributed by atoms with van der Waals surface area (Å²) in [7, 11) is 3.30. The molecule has 148 valence electrons. The van der Waals surface area contributed by atoms with E-state index < -0.39 is 0 Å². The molecule has 1 fully saturated rings. The quantitative estimate of drug-likeness (QED) is 0.810. The van der Waals surface area contributed by atoms with Crippen molar-refractivity contribution in [3.05, 3.63) is 41.2 Å². The topological polar surface area (TPSA) is 67.8 Å². The van der Waals surface area contributed by atoms with Gasteiger partial charge in [0.05, 0.1) is 19.8 Å². The smallest absolute Gasteiger partial charge is 0.256 e. The van der Waals surface area contributed by atoms with Crippen LogP contribution in [0.25, 0.3) is 0 Å². The Morgan fingerprint density at radius 3 is 2.21 bits per heavy atom. The maximum atomic E-state index is 12.6. The van der Waals surface area contributed by atoms with E-state index in [1.807, 2.05) is 17.0 Å². The van der Waals surface area contributed by atoms with Crippen LogP contribution < -0.4 is 14.4 Å². The first kappa shape index (κ1) is 18.5. The summed E-state index contributed by atoms with van der Waals surface area (Å²) in [5.41, 5.74) is 3.00. The van der Waals surface area contributed by atoms with Crippen LogP contribution in [0.1, 0.15) is 40.7 Å². The number of methoxy groups -OCH3 is 2. The second-order valence-electron chi connectivity index (χ2n) is 7.27. The largest absolute Gasteiger partial charge is 0.493 e. The minimum atomic E-state index is 0.0343. The number of carbonyl (C=O) groups is 1. The second kappa shape index (κ2) is 8.04. The van der Waals surface area contributed by atoms with E-state index in [2.05, 4.69) is 14.9 Å².